The summed E-state index contributed by atoms with van der Waals surface area (Å²) in [5.74, 6) is 0.601. The van der Waals surface area contributed by atoms with Crippen LogP contribution in [-0.4, -0.2) is 26.0 Å². The number of furan rings is 1. The molecule has 0 spiro atoms. The van der Waals surface area contributed by atoms with Crippen LogP contribution in [0.25, 0.3) is 0 Å². The topological polar surface area (TPSA) is 84.2 Å². The van der Waals surface area contributed by atoms with Crippen LogP contribution >= 0.6 is 11.3 Å². The summed E-state index contributed by atoms with van der Waals surface area (Å²) < 4.78 is 32.0. The molecule has 0 aliphatic heterocycles. The molecule has 21 heavy (non-hydrogen) atoms. The van der Waals surface area contributed by atoms with Gasteiger partial charge in [0.25, 0.3) is 10.0 Å². The molecule has 2 aromatic heterocycles. The Morgan fingerprint density at radius 2 is 2.19 bits per heavy atom. The minimum Gasteiger partial charge on any atom is -0.447 e. The van der Waals surface area contributed by atoms with Gasteiger partial charge in [-0.05, 0) is 12.1 Å². The molecule has 0 saturated carbocycles. The highest BCUT2D eigenvalue weighted by Crippen LogP contribution is 2.14. The molecule has 0 unspecified atom stereocenters. The number of nitrogens with one attached hydrogen (secondary N) is 2. The first kappa shape index (κ1) is 16.2. The third-order valence-electron chi connectivity index (χ3n) is 2.70. The number of sulfonamides is 1. The normalized spacial score (nSPS) is 12.1. The lowest BCUT2D eigenvalue weighted by Crippen LogP contribution is -2.25. The third-order valence-corrected chi connectivity index (χ3v) is 4.87. The molecule has 0 aromatic carbocycles. The van der Waals surface area contributed by atoms with Gasteiger partial charge in [0.2, 0.25) is 5.09 Å². The van der Waals surface area contributed by atoms with E-state index in [2.05, 4.69) is 15.0 Å². The highest BCUT2D eigenvalue weighted by Gasteiger charge is 2.18. The van der Waals surface area contributed by atoms with Crippen LogP contribution in [0.4, 0.5) is 0 Å². The van der Waals surface area contributed by atoms with Gasteiger partial charge in [0.15, 0.2) is 0 Å². The Hall–Kier alpha value is -1.22. The molecule has 8 heteroatoms. The average molecular weight is 329 g/mol. The van der Waals surface area contributed by atoms with Crippen LogP contribution in [0.3, 0.4) is 0 Å². The van der Waals surface area contributed by atoms with Gasteiger partial charge in [-0.25, -0.2) is 18.1 Å². The zero-order chi connectivity index (χ0) is 15.3. The molecule has 0 fully saturated rings. The molecule has 0 aliphatic rings. The Labute approximate surface area is 128 Å². The van der Waals surface area contributed by atoms with Crippen LogP contribution in [0.2, 0.25) is 0 Å². The minimum atomic E-state index is -3.60. The van der Waals surface area contributed by atoms with Gasteiger partial charge in [-0.3, -0.25) is 0 Å². The summed E-state index contributed by atoms with van der Waals surface area (Å²) >= 11 is 1.51. The Balaban J connectivity index is 1.89. The van der Waals surface area contributed by atoms with Gasteiger partial charge >= 0.3 is 0 Å². The highest BCUT2D eigenvalue weighted by molar-refractivity contribution is 7.89. The van der Waals surface area contributed by atoms with E-state index in [1.807, 2.05) is 19.2 Å². The lowest BCUT2D eigenvalue weighted by molar-refractivity contribution is 0.393. The van der Waals surface area contributed by atoms with Crippen LogP contribution in [0.5, 0.6) is 0 Å². The average Bonchev–Trinajstić information content (AvgIpc) is 3.07. The molecule has 116 valence electrons. The predicted octanol–water partition coefficient (Wildman–Crippen LogP) is 1.76. The Bertz CT molecular complexity index is 648. The van der Waals surface area contributed by atoms with E-state index in [1.54, 1.807) is 12.3 Å². The fourth-order valence-corrected chi connectivity index (χ4v) is 3.24. The standard InChI is InChI=1S/C13H19N3O3S2/c1-10(2)15-9-11-3-4-13(19-11)21(17,18)16-6-5-12-14-7-8-20-12/h3-4,7-8,10,15-16H,5-6,9H2,1-2H3. The molecule has 0 aliphatic carbocycles. The van der Waals surface area contributed by atoms with Crippen molar-refractivity contribution in [2.24, 2.45) is 0 Å². The second-order valence-electron chi connectivity index (χ2n) is 4.83. The Morgan fingerprint density at radius 3 is 2.86 bits per heavy atom. The molecule has 0 saturated heterocycles. The maximum Gasteiger partial charge on any atom is 0.273 e. The number of nitrogens with zero attached hydrogens (tertiary/aromatic N) is 1. The monoisotopic (exact) mass is 329 g/mol. The van der Waals surface area contributed by atoms with Crippen molar-refractivity contribution in [2.45, 2.75) is 37.9 Å². The predicted molar refractivity (Wildman–Crippen MR) is 81.7 cm³/mol. The van der Waals surface area contributed by atoms with E-state index >= 15 is 0 Å². The van der Waals surface area contributed by atoms with Gasteiger partial charge in [-0.2, -0.15) is 0 Å². The largest absolute Gasteiger partial charge is 0.447 e. The van der Waals surface area contributed by atoms with Gasteiger partial charge in [0.05, 0.1) is 11.6 Å². The van der Waals surface area contributed by atoms with Gasteiger partial charge < -0.3 is 9.73 Å². The van der Waals surface area contributed by atoms with Crippen LogP contribution in [0.15, 0.2) is 33.2 Å². The number of rotatable bonds is 8. The van der Waals surface area contributed by atoms with E-state index in [0.29, 0.717) is 31.3 Å². The molecular formula is C13H19N3O3S2. The SMILES string of the molecule is CC(C)NCc1ccc(S(=O)(=O)NCCc2nccs2)o1. The van der Waals surface area contributed by atoms with Crippen molar-refractivity contribution in [1.82, 2.24) is 15.0 Å². The summed E-state index contributed by atoms with van der Waals surface area (Å²) in [4.78, 5) is 4.11. The van der Waals surface area contributed by atoms with Gasteiger partial charge in [0, 0.05) is 30.6 Å². The molecule has 0 radical (unpaired) electrons. The molecule has 2 N–H and O–H groups in total. The Kier molecular flexibility index (Phi) is 5.51. The summed E-state index contributed by atoms with van der Waals surface area (Å²) in [6.07, 6.45) is 2.27. The van der Waals surface area contributed by atoms with Crippen molar-refractivity contribution in [3.63, 3.8) is 0 Å². The maximum absolute atomic E-state index is 12.1. The van der Waals surface area contributed by atoms with E-state index in [9.17, 15) is 8.42 Å². The molecular weight excluding hydrogens is 310 g/mol. The fourth-order valence-electron chi connectivity index (χ4n) is 1.64. The molecule has 0 atom stereocenters. The van der Waals surface area contributed by atoms with Crippen molar-refractivity contribution in [1.29, 1.82) is 0 Å². The zero-order valence-corrected chi connectivity index (χ0v) is 13.6. The van der Waals surface area contributed by atoms with Gasteiger partial charge in [0.1, 0.15) is 5.76 Å². The molecule has 0 bridgehead atoms. The van der Waals surface area contributed by atoms with Crippen LogP contribution in [0.1, 0.15) is 24.6 Å². The minimum absolute atomic E-state index is 0.0535. The number of hydrogen-bond donors (Lipinski definition) is 2. The second-order valence-corrected chi connectivity index (χ2v) is 7.51. The lowest BCUT2D eigenvalue weighted by Gasteiger charge is -2.05. The van der Waals surface area contributed by atoms with Crippen LogP contribution in [0, 0.1) is 0 Å². The van der Waals surface area contributed by atoms with E-state index in [-0.39, 0.29) is 5.09 Å². The van der Waals surface area contributed by atoms with E-state index < -0.39 is 10.0 Å². The van der Waals surface area contributed by atoms with E-state index in [1.165, 1.54) is 17.4 Å². The van der Waals surface area contributed by atoms with Crippen molar-refractivity contribution in [2.75, 3.05) is 6.54 Å². The van der Waals surface area contributed by atoms with Crippen molar-refractivity contribution in [3.05, 3.63) is 34.5 Å². The summed E-state index contributed by atoms with van der Waals surface area (Å²) in [6.45, 7) is 4.84. The highest BCUT2D eigenvalue weighted by atomic mass is 32.2. The van der Waals surface area contributed by atoms with E-state index in [4.69, 9.17) is 4.42 Å². The first-order chi connectivity index (χ1) is 9.97. The molecule has 0 amide bonds. The summed E-state index contributed by atoms with van der Waals surface area (Å²) in [5.41, 5.74) is 0. The van der Waals surface area contributed by atoms with Gasteiger partial charge in [-0.1, -0.05) is 13.8 Å². The van der Waals surface area contributed by atoms with Crippen molar-refractivity contribution >= 4 is 21.4 Å². The summed E-state index contributed by atoms with van der Waals surface area (Å²) in [6, 6.07) is 3.46. The third kappa shape index (κ3) is 4.92. The quantitative estimate of drug-likeness (QED) is 0.771. The maximum atomic E-state index is 12.1. The molecule has 2 heterocycles. The Morgan fingerprint density at radius 1 is 1.38 bits per heavy atom. The van der Waals surface area contributed by atoms with E-state index in [0.717, 1.165) is 5.01 Å². The molecule has 2 rings (SSSR count). The van der Waals surface area contributed by atoms with Crippen LogP contribution in [-0.2, 0) is 23.0 Å². The van der Waals surface area contributed by atoms with Crippen LogP contribution < -0.4 is 10.0 Å². The molecule has 2 aromatic rings. The molecule has 6 nitrogen and oxygen atoms in total. The zero-order valence-electron chi connectivity index (χ0n) is 12.0. The first-order valence-corrected chi connectivity index (χ1v) is 9.04. The first-order valence-electron chi connectivity index (χ1n) is 6.67. The van der Waals surface area contributed by atoms with Gasteiger partial charge in [-0.15, -0.1) is 11.3 Å². The number of hydrogen-bond acceptors (Lipinski definition) is 6. The lowest BCUT2D eigenvalue weighted by atomic mass is 10.3. The summed E-state index contributed by atoms with van der Waals surface area (Å²) in [7, 11) is -3.60. The van der Waals surface area contributed by atoms with Crippen molar-refractivity contribution < 1.29 is 12.8 Å². The fraction of sp³-hybridized carbons (Fsp3) is 0.462. The van der Waals surface area contributed by atoms with Crippen molar-refractivity contribution in [3.8, 4) is 0 Å². The smallest absolute Gasteiger partial charge is 0.273 e. The number of thiazole rings is 1. The summed E-state index contributed by atoms with van der Waals surface area (Å²) in [5, 5.41) is 5.89. The second kappa shape index (κ2) is 7.17. The number of aromatic nitrogens is 1.